The van der Waals surface area contributed by atoms with Crippen molar-refractivity contribution in [3.05, 3.63) is 17.1 Å². The van der Waals surface area contributed by atoms with Crippen molar-refractivity contribution in [2.45, 2.75) is 16.6 Å². The summed E-state index contributed by atoms with van der Waals surface area (Å²) in [6.07, 6.45) is 0. The molecule has 0 aromatic carbocycles. The Balaban J connectivity index is 1.45. The average Bonchev–Trinajstić information content (AvgIpc) is 3.27. The highest BCUT2D eigenvalue weighted by atomic mass is 32.2. The van der Waals surface area contributed by atoms with Gasteiger partial charge in [-0.15, -0.1) is 23.1 Å². The molecular weight excluding hydrogens is 530 g/mol. The van der Waals surface area contributed by atoms with E-state index in [4.69, 9.17) is 22.0 Å². The van der Waals surface area contributed by atoms with Crippen LogP contribution in [-0.2, 0) is 26.3 Å². The third-order valence-corrected chi connectivity index (χ3v) is 9.30. The number of thiazole rings is 1. The summed E-state index contributed by atoms with van der Waals surface area (Å²) in [5.74, 6) is -1.09. The molecule has 3 atom stereocenters. The fourth-order valence-corrected chi connectivity index (χ4v) is 7.13. The lowest BCUT2D eigenvalue weighted by molar-refractivity contribution is -0.698. The van der Waals surface area contributed by atoms with Crippen molar-refractivity contribution in [3.8, 4) is 0 Å². The molecule has 4 heterocycles. The zero-order chi connectivity index (χ0) is 26.2. The number of nitrogens with one attached hydrogen (secondary N) is 1. The number of carboxylic acids is 1. The number of carbonyl (C=O) groups excluding carboxylic acids is 2. The van der Waals surface area contributed by atoms with Crippen molar-refractivity contribution < 1.29 is 28.9 Å². The van der Waals surface area contributed by atoms with E-state index < -0.39 is 28.7 Å². The fourth-order valence-electron chi connectivity index (χ4n) is 3.72. The molecule has 0 saturated carbocycles. The van der Waals surface area contributed by atoms with E-state index in [1.54, 1.807) is 17.0 Å². The minimum Gasteiger partial charge on any atom is -0.481 e. The first kappa shape index (κ1) is 25.8. The average molecular weight is 555 g/mol. The molecule has 2 aromatic heterocycles. The van der Waals surface area contributed by atoms with Crippen LogP contribution in [0.15, 0.2) is 21.8 Å². The van der Waals surface area contributed by atoms with Crippen molar-refractivity contribution in [1.29, 1.82) is 0 Å². The van der Waals surface area contributed by atoms with Gasteiger partial charge in [-0.25, -0.2) is 9.55 Å². The van der Waals surface area contributed by atoms with Crippen LogP contribution in [0, 0.1) is 5.41 Å². The number of anilines is 3. The van der Waals surface area contributed by atoms with Gasteiger partial charge in [-0.05, 0) is 0 Å². The molecule has 8 N–H and O–H groups in total. The van der Waals surface area contributed by atoms with E-state index in [9.17, 15) is 19.5 Å². The van der Waals surface area contributed by atoms with Crippen LogP contribution in [0.2, 0.25) is 0 Å². The first-order valence-corrected chi connectivity index (χ1v) is 13.3. The molecule has 2 aliphatic rings. The van der Waals surface area contributed by atoms with Gasteiger partial charge in [0.1, 0.15) is 29.6 Å². The predicted molar refractivity (Wildman–Crippen MR) is 135 cm³/mol. The van der Waals surface area contributed by atoms with Crippen molar-refractivity contribution in [3.63, 3.8) is 0 Å². The fraction of sp³-hybridized carbons (Fsp3) is 0.421. The van der Waals surface area contributed by atoms with Gasteiger partial charge in [0, 0.05) is 23.4 Å². The summed E-state index contributed by atoms with van der Waals surface area (Å²) in [6, 6.07) is 0.672. The first-order valence-electron chi connectivity index (χ1n) is 10.4. The van der Waals surface area contributed by atoms with Gasteiger partial charge in [-0.3, -0.25) is 14.4 Å². The normalized spacial score (nSPS) is 23.6. The Hall–Kier alpha value is -3.31. The third-order valence-electron chi connectivity index (χ3n) is 5.72. The van der Waals surface area contributed by atoms with E-state index in [0.717, 1.165) is 11.3 Å². The molecule has 4 rings (SSSR count). The Morgan fingerprint density at radius 1 is 1.42 bits per heavy atom. The SMILES string of the molecule is CON=C(C(=O)NC1C(=O)N2CC(CSc3nc(N)cc(N)[n+]3C)(C(=O)O)CS[C@H]12)c1csc(N)n1. The van der Waals surface area contributed by atoms with Gasteiger partial charge in [0.25, 0.3) is 5.91 Å². The number of amides is 2. The molecule has 0 radical (unpaired) electrons. The minimum atomic E-state index is -1.23. The standard InChI is InChI=1S/C19H23N9O5S3/c1-27-10(21)3-9(20)24-18(27)36-7-19(16(31)32)5-28-14(30)12(15(28)35-6-19)25-13(29)11(26-33-2)8-4-34-17(22)23-8/h3-4,12,15H,5-7H2,1-2H3,(H7,20,21,22,23,25,29,31,32)/p+1/t12?,15-,19?/m1/s1. The van der Waals surface area contributed by atoms with Crippen LogP contribution in [0.5, 0.6) is 0 Å². The zero-order valence-corrected chi connectivity index (χ0v) is 21.7. The largest absolute Gasteiger partial charge is 0.481 e. The number of carbonyl (C=O) groups is 3. The molecule has 0 bridgehead atoms. The van der Waals surface area contributed by atoms with Gasteiger partial charge in [0.2, 0.25) is 17.5 Å². The Labute approximate surface area is 217 Å². The van der Waals surface area contributed by atoms with Gasteiger partial charge in [0.15, 0.2) is 10.8 Å². The van der Waals surface area contributed by atoms with Gasteiger partial charge in [0.05, 0.1) is 13.1 Å². The summed E-state index contributed by atoms with van der Waals surface area (Å²) in [6.45, 7) is -0.0125. The number of rotatable bonds is 8. The van der Waals surface area contributed by atoms with Gasteiger partial charge in [-0.2, -0.15) is 0 Å². The number of hydrogen-bond donors (Lipinski definition) is 5. The maximum atomic E-state index is 12.9. The summed E-state index contributed by atoms with van der Waals surface area (Å²) < 4.78 is 1.62. The lowest BCUT2D eigenvalue weighted by Gasteiger charge is -2.53. The van der Waals surface area contributed by atoms with E-state index in [-0.39, 0.29) is 46.3 Å². The summed E-state index contributed by atoms with van der Waals surface area (Å²) in [7, 11) is 2.99. The number of fused-ring (bicyclic) bond motifs is 1. The van der Waals surface area contributed by atoms with Crippen LogP contribution in [0.3, 0.4) is 0 Å². The van der Waals surface area contributed by atoms with E-state index in [0.29, 0.717) is 11.0 Å². The summed E-state index contributed by atoms with van der Waals surface area (Å²) >= 11 is 3.62. The third kappa shape index (κ3) is 4.72. The second-order valence-electron chi connectivity index (χ2n) is 8.13. The lowest BCUT2D eigenvalue weighted by Crippen LogP contribution is -2.74. The number of aliphatic carboxylic acids is 1. The molecule has 2 aromatic rings. The number of aromatic nitrogens is 3. The van der Waals surface area contributed by atoms with Gasteiger partial charge < -0.3 is 37.4 Å². The summed E-state index contributed by atoms with van der Waals surface area (Å²) in [5.41, 5.74) is 16.2. The molecule has 2 saturated heterocycles. The van der Waals surface area contributed by atoms with E-state index in [1.807, 2.05) is 0 Å². The molecule has 14 nitrogen and oxygen atoms in total. The maximum Gasteiger partial charge on any atom is 0.313 e. The molecule has 2 unspecified atom stereocenters. The molecule has 192 valence electrons. The van der Waals surface area contributed by atoms with E-state index in [2.05, 4.69) is 20.4 Å². The van der Waals surface area contributed by atoms with Crippen molar-refractivity contribution in [1.82, 2.24) is 20.2 Å². The number of carboxylic acid groups (broad SMARTS) is 1. The molecule has 2 amide bonds. The molecule has 2 fully saturated rings. The van der Waals surface area contributed by atoms with Crippen LogP contribution < -0.4 is 27.1 Å². The maximum absolute atomic E-state index is 12.9. The van der Waals surface area contributed by atoms with Gasteiger partial charge >= 0.3 is 11.1 Å². The topological polar surface area (TPSA) is 216 Å². The smallest absolute Gasteiger partial charge is 0.313 e. The number of thioether (sulfide) groups is 2. The molecule has 2 aliphatic heterocycles. The van der Waals surface area contributed by atoms with E-state index >= 15 is 0 Å². The highest BCUT2D eigenvalue weighted by molar-refractivity contribution is 8.00. The number of nitrogens with zero attached hydrogens (tertiary/aromatic N) is 5. The molecule has 17 heteroatoms. The van der Waals surface area contributed by atoms with E-state index in [1.165, 1.54) is 41.6 Å². The molecule has 0 spiro atoms. The predicted octanol–water partition coefficient (Wildman–Crippen LogP) is -1.28. The Morgan fingerprint density at radius 2 is 2.17 bits per heavy atom. The van der Waals surface area contributed by atoms with Crippen molar-refractivity contribution in [2.75, 3.05) is 42.4 Å². The van der Waals surface area contributed by atoms with Crippen LogP contribution in [0.4, 0.5) is 16.8 Å². The summed E-state index contributed by atoms with van der Waals surface area (Å²) in [5, 5.41) is 18.3. The Morgan fingerprint density at radius 3 is 2.81 bits per heavy atom. The van der Waals surface area contributed by atoms with Crippen LogP contribution in [-0.4, -0.2) is 80.0 Å². The number of oxime groups is 1. The first-order chi connectivity index (χ1) is 17.1. The van der Waals surface area contributed by atoms with Crippen LogP contribution >= 0.6 is 34.9 Å². The Kier molecular flexibility index (Phi) is 7.14. The second-order valence-corrected chi connectivity index (χ2v) is 11.1. The molecule has 36 heavy (non-hydrogen) atoms. The number of β-lactam (4-membered cyclic amide) rings is 1. The number of nitrogens with two attached hydrogens (primary N) is 3. The van der Waals surface area contributed by atoms with Crippen molar-refractivity contribution >= 4 is 75.1 Å². The monoisotopic (exact) mass is 554 g/mol. The summed E-state index contributed by atoms with van der Waals surface area (Å²) in [4.78, 5) is 52.6. The quantitative estimate of drug-likeness (QED) is 0.0644. The molecular formula is C19H24N9O5S3+. The van der Waals surface area contributed by atoms with Crippen LogP contribution in [0.25, 0.3) is 0 Å². The highest BCUT2D eigenvalue weighted by Gasteiger charge is 2.57. The Bertz CT molecular complexity index is 1260. The lowest BCUT2D eigenvalue weighted by atomic mass is 9.89. The van der Waals surface area contributed by atoms with Crippen molar-refractivity contribution in [2.24, 2.45) is 17.6 Å². The van der Waals surface area contributed by atoms with Gasteiger partial charge in [-0.1, -0.05) is 21.9 Å². The second kappa shape index (κ2) is 9.98. The number of nitrogen functional groups attached to an aromatic ring is 3. The minimum absolute atomic E-state index is 0.0125. The molecule has 0 aliphatic carbocycles. The van der Waals surface area contributed by atoms with Crippen LogP contribution in [0.1, 0.15) is 5.69 Å². The zero-order valence-electron chi connectivity index (χ0n) is 19.2. The highest BCUT2D eigenvalue weighted by Crippen LogP contribution is 2.44. The number of hydrogen-bond acceptors (Lipinski definition) is 13.